The number of carbonyl (C=O) groups is 1. The largest absolute Gasteiger partial charge is 0.366 e. The number of fused-ring (bicyclic) bond motifs is 1. The zero-order valence-electron chi connectivity index (χ0n) is 10.3. The third-order valence-electron chi connectivity index (χ3n) is 3.34. The van der Waals surface area contributed by atoms with E-state index < -0.39 is 0 Å². The topological polar surface area (TPSA) is 55.1 Å². The lowest BCUT2D eigenvalue weighted by Gasteiger charge is -2.26. The SMILES string of the molecule is CCCN[C@H]1CCc2c(C(N)=O)[c]ccc2C1. The average molecular weight is 231 g/mol. The van der Waals surface area contributed by atoms with Crippen molar-refractivity contribution in [3.8, 4) is 0 Å². The van der Waals surface area contributed by atoms with Crippen LogP contribution < -0.4 is 11.1 Å². The molecule has 0 spiro atoms. The fraction of sp³-hybridized carbons (Fsp3) is 0.500. The van der Waals surface area contributed by atoms with Crippen LogP contribution in [0.1, 0.15) is 41.3 Å². The van der Waals surface area contributed by atoms with Crippen LogP contribution in [0.25, 0.3) is 0 Å². The monoisotopic (exact) mass is 231 g/mol. The summed E-state index contributed by atoms with van der Waals surface area (Å²) < 4.78 is 0. The van der Waals surface area contributed by atoms with E-state index in [0.29, 0.717) is 11.6 Å². The molecule has 3 heteroatoms. The van der Waals surface area contributed by atoms with Gasteiger partial charge in [-0.05, 0) is 49.4 Å². The third-order valence-corrected chi connectivity index (χ3v) is 3.34. The number of amides is 1. The molecule has 1 atom stereocenters. The second-order valence-electron chi connectivity index (χ2n) is 4.61. The molecule has 0 saturated heterocycles. The van der Waals surface area contributed by atoms with E-state index >= 15 is 0 Å². The molecule has 0 unspecified atom stereocenters. The number of hydrogen-bond acceptors (Lipinski definition) is 2. The number of primary amides is 1. The first-order valence-electron chi connectivity index (χ1n) is 6.28. The van der Waals surface area contributed by atoms with Crippen LogP contribution in [0.5, 0.6) is 0 Å². The predicted molar refractivity (Wildman–Crippen MR) is 67.9 cm³/mol. The van der Waals surface area contributed by atoms with Crippen LogP contribution in [-0.4, -0.2) is 18.5 Å². The summed E-state index contributed by atoms with van der Waals surface area (Å²) in [7, 11) is 0. The Morgan fingerprint density at radius 2 is 2.47 bits per heavy atom. The van der Waals surface area contributed by atoms with E-state index in [4.69, 9.17) is 5.73 Å². The molecule has 2 rings (SSSR count). The van der Waals surface area contributed by atoms with Crippen LogP contribution in [0.4, 0.5) is 0 Å². The minimum absolute atomic E-state index is 0.359. The molecule has 1 amide bonds. The lowest BCUT2D eigenvalue weighted by atomic mass is 9.85. The Morgan fingerprint density at radius 1 is 1.65 bits per heavy atom. The van der Waals surface area contributed by atoms with Crippen molar-refractivity contribution < 1.29 is 4.79 Å². The molecule has 0 aromatic heterocycles. The summed E-state index contributed by atoms with van der Waals surface area (Å²) in [6.45, 7) is 3.23. The minimum atomic E-state index is -0.359. The van der Waals surface area contributed by atoms with E-state index in [1.165, 1.54) is 5.56 Å². The maximum absolute atomic E-state index is 11.3. The molecule has 0 bridgehead atoms. The number of hydrogen-bond donors (Lipinski definition) is 2. The summed E-state index contributed by atoms with van der Waals surface area (Å²) in [6.07, 6.45) is 4.14. The molecule has 1 aromatic carbocycles. The molecular formula is C14H19N2O. The van der Waals surface area contributed by atoms with Crippen molar-refractivity contribution in [3.05, 3.63) is 34.9 Å². The highest BCUT2D eigenvalue weighted by Crippen LogP contribution is 2.24. The Bertz CT molecular complexity index is 415. The van der Waals surface area contributed by atoms with E-state index in [1.54, 1.807) is 6.07 Å². The van der Waals surface area contributed by atoms with Crippen LogP contribution in [0.15, 0.2) is 12.1 Å². The summed E-state index contributed by atoms with van der Waals surface area (Å²) in [4.78, 5) is 11.3. The Hall–Kier alpha value is -1.35. The third kappa shape index (κ3) is 2.67. The molecule has 0 heterocycles. The first-order chi connectivity index (χ1) is 8.22. The Labute approximate surface area is 102 Å². The second-order valence-corrected chi connectivity index (χ2v) is 4.61. The van der Waals surface area contributed by atoms with Crippen molar-refractivity contribution in [1.29, 1.82) is 0 Å². The Kier molecular flexibility index (Phi) is 3.79. The first kappa shape index (κ1) is 12.1. The highest BCUT2D eigenvalue weighted by molar-refractivity contribution is 5.94. The lowest BCUT2D eigenvalue weighted by molar-refractivity contribution is 0.0998. The van der Waals surface area contributed by atoms with Gasteiger partial charge in [-0.15, -0.1) is 0 Å². The van der Waals surface area contributed by atoms with Gasteiger partial charge in [-0.2, -0.15) is 0 Å². The fourth-order valence-corrected chi connectivity index (χ4v) is 2.48. The van der Waals surface area contributed by atoms with Gasteiger partial charge in [0, 0.05) is 6.04 Å². The Balaban J connectivity index is 2.16. The number of rotatable bonds is 4. The molecule has 17 heavy (non-hydrogen) atoms. The molecule has 91 valence electrons. The number of nitrogens with two attached hydrogens (primary N) is 1. The van der Waals surface area contributed by atoms with Gasteiger partial charge in [0.1, 0.15) is 0 Å². The van der Waals surface area contributed by atoms with Crippen molar-refractivity contribution in [2.75, 3.05) is 6.54 Å². The highest BCUT2D eigenvalue weighted by atomic mass is 16.1. The summed E-state index contributed by atoms with van der Waals surface area (Å²) in [5.41, 5.74) is 8.30. The molecule has 0 fully saturated rings. The normalized spacial score (nSPS) is 18.8. The van der Waals surface area contributed by atoms with Gasteiger partial charge < -0.3 is 11.1 Å². The van der Waals surface area contributed by atoms with Gasteiger partial charge in [0.2, 0.25) is 5.91 Å². The first-order valence-corrected chi connectivity index (χ1v) is 6.28. The summed E-state index contributed by atoms with van der Waals surface area (Å²) in [6, 6.07) is 7.36. The molecule has 1 aromatic rings. The van der Waals surface area contributed by atoms with Gasteiger partial charge >= 0.3 is 0 Å². The van der Waals surface area contributed by atoms with Crippen LogP contribution in [0.2, 0.25) is 0 Å². The van der Waals surface area contributed by atoms with Gasteiger partial charge in [-0.1, -0.05) is 19.1 Å². The van der Waals surface area contributed by atoms with Gasteiger partial charge in [0.05, 0.1) is 5.56 Å². The number of nitrogens with one attached hydrogen (secondary N) is 1. The van der Waals surface area contributed by atoms with E-state index in [1.807, 2.05) is 0 Å². The predicted octanol–water partition coefficient (Wildman–Crippen LogP) is 1.44. The molecule has 1 aliphatic rings. The van der Waals surface area contributed by atoms with Gasteiger partial charge in [-0.3, -0.25) is 4.79 Å². The second kappa shape index (κ2) is 5.32. The van der Waals surface area contributed by atoms with E-state index in [9.17, 15) is 4.79 Å². The Morgan fingerprint density at radius 3 is 3.18 bits per heavy atom. The van der Waals surface area contributed by atoms with Gasteiger partial charge in [0.15, 0.2) is 0 Å². The zero-order chi connectivity index (χ0) is 12.3. The van der Waals surface area contributed by atoms with Crippen LogP contribution in [-0.2, 0) is 12.8 Å². The van der Waals surface area contributed by atoms with E-state index in [0.717, 1.165) is 37.8 Å². The van der Waals surface area contributed by atoms with Gasteiger partial charge in [0.25, 0.3) is 0 Å². The molecule has 0 saturated carbocycles. The van der Waals surface area contributed by atoms with Crippen molar-refractivity contribution in [3.63, 3.8) is 0 Å². The quantitative estimate of drug-likeness (QED) is 0.824. The maximum Gasteiger partial charge on any atom is 0.249 e. The van der Waals surface area contributed by atoms with E-state index in [-0.39, 0.29) is 5.91 Å². The van der Waals surface area contributed by atoms with E-state index in [2.05, 4.69) is 24.4 Å². The maximum atomic E-state index is 11.3. The summed E-state index contributed by atoms with van der Waals surface area (Å²) in [5, 5.41) is 3.53. The standard InChI is InChI=1S/C14H19N2O/c1-2-8-16-11-6-7-12-10(9-11)4-3-5-13(12)14(15)17/h3-4,11,16H,2,6-9H2,1H3,(H2,15,17)/t11-/m0/s1. The van der Waals surface area contributed by atoms with Crippen LogP contribution in [0, 0.1) is 6.07 Å². The smallest absolute Gasteiger partial charge is 0.249 e. The summed E-state index contributed by atoms with van der Waals surface area (Å²) >= 11 is 0. The number of carbonyl (C=O) groups excluding carboxylic acids is 1. The summed E-state index contributed by atoms with van der Waals surface area (Å²) in [5.74, 6) is -0.359. The fourth-order valence-electron chi connectivity index (χ4n) is 2.48. The molecule has 3 N–H and O–H groups in total. The molecule has 0 aliphatic heterocycles. The van der Waals surface area contributed by atoms with Gasteiger partial charge in [-0.25, -0.2) is 0 Å². The van der Waals surface area contributed by atoms with Crippen molar-refractivity contribution in [1.82, 2.24) is 5.32 Å². The van der Waals surface area contributed by atoms with Crippen molar-refractivity contribution in [2.45, 2.75) is 38.6 Å². The zero-order valence-corrected chi connectivity index (χ0v) is 10.3. The van der Waals surface area contributed by atoms with Crippen molar-refractivity contribution in [2.24, 2.45) is 5.73 Å². The van der Waals surface area contributed by atoms with Crippen LogP contribution in [0.3, 0.4) is 0 Å². The molecule has 1 radical (unpaired) electrons. The van der Waals surface area contributed by atoms with Crippen LogP contribution >= 0.6 is 0 Å². The average Bonchev–Trinajstić information content (AvgIpc) is 2.35. The minimum Gasteiger partial charge on any atom is -0.366 e. The molecular weight excluding hydrogens is 212 g/mol. The molecule has 3 nitrogen and oxygen atoms in total. The number of benzene rings is 1. The van der Waals surface area contributed by atoms with Crippen molar-refractivity contribution >= 4 is 5.91 Å². The lowest BCUT2D eigenvalue weighted by Crippen LogP contribution is -2.35. The highest BCUT2D eigenvalue weighted by Gasteiger charge is 2.21. The molecule has 1 aliphatic carbocycles.